The number of methoxy groups -OCH3 is 1. The number of β-lactam (4-membered cyclic amide) rings is 1. The van der Waals surface area contributed by atoms with E-state index < -0.39 is 0 Å². The van der Waals surface area contributed by atoms with Crippen molar-refractivity contribution in [2.45, 2.75) is 31.9 Å². The molecule has 1 aromatic rings. The summed E-state index contributed by atoms with van der Waals surface area (Å²) in [6.07, 6.45) is 1.68. The zero-order valence-corrected chi connectivity index (χ0v) is 9.95. The molecule has 2 unspecified atom stereocenters. The smallest absolute Gasteiger partial charge is 0.222 e. The van der Waals surface area contributed by atoms with Crippen molar-refractivity contribution in [2.75, 3.05) is 7.11 Å². The molecule has 0 aliphatic carbocycles. The van der Waals surface area contributed by atoms with Crippen molar-refractivity contribution in [2.24, 2.45) is 0 Å². The maximum Gasteiger partial charge on any atom is 0.222 e. The predicted molar refractivity (Wildman–Crippen MR) is 62.3 cm³/mol. The number of carbonyl (C=O) groups excluding carboxylic acids is 1. The van der Waals surface area contributed by atoms with E-state index in [0.29, 0.717) is 6.42 Å². The van der Waals surface area contributed by atoms with Crippen LogP contribution < -0.4 is 14.8 Å². The van der Waals surface area contributed by atoms with Crippen LogP contribution in [0.2, 0.25) is 0 Å². The minimum absolute atomic E-state index is 0.0715. The van der Waals surface area contributed by atoms with Crippen molar-refractivity contribution < 1.29 is 14.3 Å². The molecule has 90 valence electrons. The molecule has 1 saturated heterocycles. The zero-order chi connectivity index (χ0) is 12.0. The van der Waals surface area contributed by atoms with Gasteiger partial charge in [-0.05, 0) is 19.1 Å². The summed E-state index contributed by atoms with van der Waals surface area (Å²) < 4.78 is 11.1. The lowest BCUT2D eigenvalue weighted by Crippen LogP contribution is -2.41. The fourth-order valence-electron chi connectivity index (χ4n) is 2.45. The summed E-state index contributed by atoms with van der Waals surface area (Å²) in [5.74, 6) is 1.85. The highest BCUT2D eigenvalue weighted by Crippen LogP contribution is 2.39. The van der Waals surface area contributed by atoms with E-state index in [1.165, 1.54) is 5.56 Å². The first-order valence-electron chi connectivity index (χ1n) is 5.84. The van der Waals surface area contributed by atoms with Crippen molar-refractivity contribution in [1.82, 2.24) is 5.32 Å². The van der Waals surface area contributed by atoms with E-state index in [-0.39, 0.29) is 18.1 Å². The summed E-state index contributed by atoms with van der Waals surface area (Å²) in [5.41, 5.74) is 2.20. The third-order valence-corrected chi connectivity index (χ3v) is 3.35. The van der Waals surface area contributed by atoms with Crippen LogP contribution in [-0.2, 0) is 11.2 Å². The third-order valence-electron chi connectivity index (χ3n) is 3.35. The molecule has 4 heteroatoms. The number of fused-ring (bicyclic) bond motifs is 1. The first-order valence-corrected chi connectivity index (χ1v) is 5.84. The summed E-state index contributed by atoms with van der Waals surface area (Å²) in [6.45, 7) is 2.05. The normalized spacial score (nSPS) is 25.6. The van der Waals surface area contributed by atoms with Crippen LogP contribution in [0.1, 0.15) is 30.5 Å². The van der Waals surface area contributed by atoms with Crippen molar-refractivity contribution in [3.8, 4) is 11.5 Å². The van der Waals surface area contributed by atoms with Gasteiger partial charge in [-0.1, -0.05) is 0 Å². The van der Waals surface area contributed by atoms with Gasteiger partial charge in [0.05, 0.1) is 19.6 Å². The lowest BCUT2D eigenvalue weighted by molar-refractivity contribution is -0.128. The Bertz CT molecular complexity index is 476. The third kappa shape index (κ3) is 1.64. The molecule has 2 aliphatic heterocycles. The van der Waals surface area contributed by atoms with E-state index in [2.05, 4.69) is 12.2 Å². The van der Waals surface area contributed by atoms with Crippen LogP contribution >= 0.6 is 0 Å². The Morgan fingerprint density at radius 1 is 1.41 bits per heavy atom. The number of rotatable bonds is 2. The Morgan fingerprint density at radius 3 is 2.82 bits per heavy atom. The topological polar surface area (TPSA) is 47.6 Å². The molecule has 1 N–H and O–H groups in total. The van der Waals surface area contributed by atoms with Gasteiger partial charge in [-0.15, -0.1) is 0 Å². The second-order valence-electron chi connectivity index (χ2n) is 4.66. The average Bonchev–Trinajstić information content (AvgIpc) is 2.62. The summed E-state index contributed by atoms with van der Waals surface area (Å²) in [5, 5.41) is 2.86. The van der Waals surface area contributed by atoms with Crippen molar-refractivity contribution in [1.29, 1.82) is 0 Å². The highest BCUT2D eigenvalue weighted by Gasteiger charge is 2.31. The lowest BCUT2D eigenvalue weighted by atomic mass is 9.94. The molecular formula is C13H15NO3. The van der Waals surface area contributed by atoms with Gasteiger partial charge in [0.1, 0.15) is 17.6 Å². The molecule has 4 nitrogen and oxygen atoms in total. The Kier molecular flexibility index (Phi) is 2.24. The van der Waals surface area contributed by atoms with Gasteiger partial charge in [-0.3, -0.25) is 4.79 Å². The Balaban J connectivity index is 1.97. The molecular weight excluding hydrogens is 218 g/mol. The highest BCUT2D eigenvalue weighted by molar-refractivity contribution is 5.83. The molecule has 0 saturated carbocycles. The quantitative estimate of drug-likeness (QED) is 0.789. The van der Waals surface area contributed by atoms with Gasteiger partial charge in [-0.25, -0.2) is 0 Å². The van der Waals surface area contributed by atoms with Gasteiger partial charge in [0.15, 0.2) is 0 Å². The summed E-state index contributed by atoms with van der Waals surface area (Å²) >= 11 is 0. The van der Waals surface area contributed by atoms with Crippen LogP contribution in [0.3, 0.4) is 0 Å². The van der Waals surface area contributed by atoms with Crippen LogP contribution in [0, 0.1) is 0 Å². The SMILES string of the molecule is COc1cc2c(cc1C1CC(=O)N1)OC(C)C2. The fraction of sp³-hybridized carbons (Fsp3) is 0.462. The van der Waals surface area contributed by atoms with E-state index in [9.17, 15) is 4.79 Å². The molecule has 2 heterocycles. The zero-order valence-electron chi connectivity index (χ0n) is 9.95. The number of benzene rings is 1. The second-order valence-corrected chi connectivity index (χ2v) is 4.66. The maximum absolute atomic E-state index is 11.0. The molecule has 1 amide bonds. The van der Waals surface area contributed by atoms with Crippen molar-refractivity contribution in [3.05, 3.63) is 23.3 Å². The fourth-order valence-corrected chi connectivity index (χ4v) is 2.45. The minimum atomic E-state index is 0.0715. The number of ether oxygens (including phenoxy) is 2. The predicted octanol–water partition coefficient (Wildman–Crippen LogP) is 1.58. The standard InChI is InChI=1S/C13H15NO3/c1-7-3-8-4-12(16-2)9(5-11(8)17-7)10-6-13(15)14-10/h4-5,7,10H,3,6H2,1-2H3,(H,14,15). The number of hydrogen-bond acceptors (Lipinski definition) is 3. The van der Waals surface area contributed by atoms with Gasteiger partial charge in [-0.2, -0.15) is 0 Å². The Morgan fingerprint density at radius 2 is 2.18 bits per heavy atom. The molecule has 3 rings (SSSR count). The number of nitrogens with one attached hydrogen (secondary N) is 1. The van der Waals surface area contributed by atoms with Crippen LogP contribution in [-0.4, -0.2) is 19.1 Å². The van der Waals surface area contributed by atoms with E-state index in [0.717, 1.165) is 23.5 Å². The van der Waals surface area contributed by atoms with E-state index in [4.69, 9.17) is 9.47 Å². The van der Waals surface area contributed by atoms with Crippen molar-refractivity contribution >= 4 is 5.91 Å². The average molecular weight is 233 g/mol. The number of hydrogen-bond donors (Lipinski definition) is 1. The molecule has 1 aromatic carbocycles. The van der Waals surface area contributed by atoms with E-state index in [1.807, 2.05) is 12.1 Å². The van der Waals surface area contributed by atoms with Crippen LogP contribution in [0.5, 0.6) is 11.5 Å². The van der Waals surface area contributed by atoms with Gasteiger partial charge >= 0.3 is 0 Å². The van der Waals surface area contributed by atoms with Crippen LogP contribution in [0.25, 0.3) is 0 Å². The largest absolute Gasteiger partial charge is 0.496 e. The van der Waals surface area contributed by atoms with Gasteiger partial charge < -0.3 is 14.8 Å². The minimum Gasteiger partial charge on any atom is -0.496 e. The van der Waals surface area contributed by atoms with E-state index >= 15 is 0 Å². The molecule has 1 fully saturated rings. The molecule has 0 spiro atoms. The molecule has 2 aliphatic rings. The molecule has 2 atom stereocenters. The molecule has 0 radical (unpaired) electrons. The molecule has 0 aromatic heterocycles. The molecule has 17 heavy (non-hydrogen) atoms. The van der Waals surface area contributed by atoms with Crippen LogP contribution in [0.4, 0.5) is 0 Å². The summed E-state index contributed by atoms with van der Waals surface area (Å²) in [7, 11) is 1.66. The van der Waals surface area contributed by atoms with E-state index in [1.54, 1.807) is 7.11 Å². The Hall–Kier alpha value is -1.71. The number of amides is 1. The highest BCUT2D eigenvalue weighted by atomic mass is 16.5. The molecule has 0 bridgehead atoms. The maximum atomic E-state index is 11.0. The lowest BCUT2D eigenvalue weighted by Gasteiger charge is -2.28. The van der Waals surface area contributed by atoms with Gasteiger partial charge in [0, 0.05) is 17.5 Å². The Labute approximate surface area is 99.9 Å². The monoisotopic (exact) mass is 233 g/mol. The van der Waals surface area contributed by atoms with Crippen LogP contribution in [0.15, 0.2) is 12.1 Å². The first-order chi connectivity index (χ1) is 8.17. The summed E-state index contributed by atoms with van der Waals surface area (Å²) in [6, 6.07) is 4.10. The van der Waals surface area contributed by atoms with Gasteiger partial charge in [0.2, 0.25) is 5.91 Å². The number of carbonyl (C=O) groups is 1. The summed E-state index contributed by atoms with van der Waals surface area (Å²) in [4.78, 5) is 11.0. The first kappa shape index (κ1) is 10.4. The van der Waals surface area contributed by atoms with Crippen molar-refractivity contribution in [3.63, 3.8) is 0 Å². The van der Waals surface area contributed by atoms with Gasteiger partial charge in [0.25, 0.3) is 0 Å². The second kappa shape index (κ2) is 3.65.